The van der Waals surface area contributed by atoms with E-state index in [2.05, 4.69) is 5.32 Å². The molecule has 0 spiro atoms. The topological polar surface area (TPSA) is 112 Å². The van der Waals surface area contributed by atoms with Crippen LogP contribution in [0, 0.1) is 6.92 Å². The number of esters is 1. The molecular formula is C21H20N2O5S. The van der Waals surface area contributed by atoms with Crippen molar-refractivity contribution in [3.05, 3.63) is 51.6 Å². The second-order valence-corrected chi connectivity index (χ2v) is 8.06. The maximum atomic E-state index is 12.4. The molecule has 8 heteroatoms. The summed E-state index contributed by atoms with van der Waals surface area (Å²) in [6, 6.07) is 7.27. The molecule has 0 aliphatic heterocycles. The number of ether oxygens (including phenoxy) is 1. The lowest BCUT2D eigenvalue weighted by atomic mass is 9.95. The number of nitrogens with one attached hydrogen (secondary N) is 1. The van der Waals surface area contributed by atoms with Crippen LogP contribution in [0.15, 0.2) is 28.7 Å². The highest BCUT2D eigenvalue weighted by molar-refractivity contribution is 7.17. The number of carbonyl (C=O) groups excluding carboxylic acids is 3. The number of nitrogens with two attached hydrogens (primary N) is 1. The maximum absolute atomic E-state index is 12.4. The van der Waals surface area contributed by atoms with Crippen LogP contribution in [0.5, 0.6) is 0 Å². The third-order valence-corrected chi connectivity index (χ3v) is 6.24. The highest BCUT2D eigenvalue weighted by Gasteiger charge is 2.25. The van der Waals surface area contributed by atoms with Gasteiger partial charge in [-0.1, -0.05) is 18.2 Å². The molecule has 7 nitrogen and oxygen atoms in total. The number of anilines is 1. The van der Waals surface area contributed by atoms with Gasteiger partial charge in [0.1, 0.15) is 10.6 Å². The summed E-state index contributed by atoms with van der Waals surface area (Å²) in [6.45, 7) is 1.27. The molecule has 3 aromatic rings. The molecule has 1 aliphatic carbocycles. The Morgan fingerprint density at radius 3 is 2.72 bits per heavy atom. The van der Waals surface area contributed by atoms with E-state index in [0.717, 1.165) is 41.5 Å². The Labute approximate surface area is 170 Å². The molecule has 1 aromatic carbocycles. The number of hydrogen-bond acceptors (Lipinski definition) is 6. The smallest absolute Gasteiger partial charge is 0.375 e. The molecule has 0 saturated heterocycles. The van der Waals surface area contributed by atoms with Crippen LogP contribution in [0.25, 0.3) is 11.0 Å². The summed E-state index contributed by atoms with van der Waals surface area (Å²) in [5, 5.41) is 3.91. The zero-order valence-electron chi connectivity index (χ0n) is 15.9. The largest absolute Gasteiger partial charge is 0.450 e. The van der Waals surface area contributed by atoms with Crippen molar-refractivity contribution in [2.24, 2.45) is 5.73 Å². The molecular weight excluding hydrogens is 392 g/mol. The van der Waals surface area contributed by atoms with Crippen LogP contribution in [-0.4, -0.2) is 24.4 Å². The van der Waals surface area contributed by atoms with Crippen molar-refractivity contribution in [2.75, 3.05) is 11.9 Å². The normalized spacial score (nSPS) is 13.1. The van der Waals surface area contributed by atoms with Crippen molar-refractivity contribution < 1.29 is 23.5 Å². The molecule has 0 fully saturated rings. The monoisotopic (exact) mass is 412 g/mol. The molecule has 4 rings (SSSR count). The highest BCUT2D eigenvalue weighted by atomic mass is 32.1. The van der Waals surface area contributed by atoms with Gasteiger partial charge in [0.05, 0.1) is 5.56 Å². The summed E-state index contributed by atoms with van der Waals surface area (Å²) in [6.07, 6.45) is 3.69. The van der Waals surface area contributed by atoms with Gasteiger partial charge in [-0.15, -0.1) is 11.3 Å². The van der Waals surface area contributed by atoms with Gasteiger partial charge in [-0.25, -0.2) is 4.79 Å². The van der Waals surface area contributed by atoms with Crippen LogP contribution < -0.4 is 11.1 Å². The Kier molecular flexibility index (Phi) is 5.10. The lowest BCUT2D eigenvalue weighted by Gasteiger charge is -2.11. The van der Waals surface area contributed by atoms with Gasteiger partial charge >= 0.3 is 5.97 Å². The number of para-hydroxylation sites is 1. The van der Waals surface area contributed by atoms with Gasteiger partial charge in [-0.2, -0.15) is 0 Å². The van der Waals surface area contributed by atoms with Crippen LogP contribution in [0.3, 0.4) is 0 Å². The molecule has 0 saturated carbocycles. The molecule has 2 aromatic heterocycles. The van der Waals surface area contributed by atoms with Gasteiger partial charge in [0.15, 0.2) is 6.61 Å². The van der Waals surface area contributed by atoms with Crippen molar-refractivity contribution in [1.82, 2.24) is 0 Å². The van der Waals surface area contributed by atoms with E-state index in [1.54, 1.807) is 13.0 Å². The second kappa shape index (κ2) is 7.71. The number of hydrogen-bond donors (Lipinski definition) is 2. The van der Waals surface area contributed by atoms with Gasteiger partial charge in [0, 0.05) is 15.8 Å². The number of benzene rings is 1. The van der Waals surface area contributed by atoms with Gasteiger partial charge in [0.25, 0.3) is 11.8 Å². The number of carbonyl (C=O) groups is 3. The minimum atomic E-state index is -0.713. The summed E-state index contributed by atoms with van der Waals surface area (Å²) in [5.74, 6) is -1.74. The minimum Gasteiger partial charge on any atom is -0.450 e. The molecule has 29 heavy (non-hydrogen) atoms. The fraction of sp³-hybridized carbons (Fsp3) is 0.286. The summed E-state index contributed by atoms with van der Waals surface area (Å²) < 4.78 is 10.7. The summed E-state index contributed by atoms with van der Waals surface area (Å²) in [7, 11) is 0. The Hall–Kier alpha value is -3.13. The van der Waals surface area contributed by atoms with Crippen molar-refractivity contribution in [3.63, 3.8) is 0 Å². The molecule has 2 amide bonds. The van der Waals surface area contributed by atoms with Gasteiger partial charge in [-0.05, 0) is 44.2 Å². The van der Waals surface area contributed by atoms with E-state index >= 15 is 0 Å². The molecule has 3 N–H and O–H groups in total. The third-order valence-electron chi connectivity index (χ3n) is 5.03. The Bertz CT molecular complexity index is 1130. The average molecular weight is 412 g/mol. The van der Waals surface area contributed by atoms with E-state index in [1.807, 2.05) is 18.2 Å². The number of primary amides is 1. The van der Waals surface area contributed by atoms with Crippen LogP contribution in [0.1, 0.15) is 49.8 Å². The Morgan fingerprint density at radius 2 is 1.97 bits per heavy atom. The zero-order chi connectivity index (χ0) is 20.5. The maximum Gasteiger partial charge on any atom is 0.375 e. The SMILES string of the molecule is Cc1c(C(=O)OCC(=O)Nc2sc3c(c2C(N)=O)CCCC3)oc2ccccc12. The Morgan fingerprint density at radius 1 is 1.21 bits per heavy atom. The van der Waals surface area contributed by atoms with Crippen LogP contribution in [0.2, 0.25) is 0 Å². The summed E-state index contributed by atoms with van der Waals surface area (Å²) in [5.41, 5.74) is 8.07. The van der Waals surface area contributed by atoms with Crippen molar-refractivity contribution in [2.45, 2.75) is 32.6 Å². The van der Waals surface area contributed by atoms with Crippen molar-refractivity contribution in [1.29, 1.82) is 0 Å². The molecule has 150 valence electrons. The number of furan rings is 1. The van der Waals surface area contributed by atoms with Crippen LogP contribution >= 0.6 is 11.3 Å². The average Bonchev–Trinajstić information content (AvgIpc) is 3.24. The van der Waals surface area contributed by atoms with E-state index in [4.69, 9.17) is 14.9 Å². The predicted octanol–water partition coefficient (Wildman–Crippen LogP) is 3.58. The molecule has 0 radical (unpaired) electrons. The lowest BCUT2D eigenvalue weighted by molar-refractivity contribution is -0.119. The first kappa shape index (κ1) is 19.2. The van der Waals surface area contributed by atoms with Gasteiger partial charge in [0.2, 0.25) is 5.76 Å². The number of aryl methyl sites for hydroxylation is 2. The number of thiophene rings is 1. The summed E-state index contributed by atoms with van der Waals surface area (Å²) in [4.78, 5) is 37.7. The van der Waals surface area contributed by atoms with Crippen LogP contribution in [-0.2, 0) is 22.4 Å². The third kappa shape index (κ3) is 3.63. The predicted molar refractivity (Wildman–Crippen MR) is 109 cm³/mol. The van der Waals surface area contributed by atoms with Crippen molar-refractivity contribution in [3.8, 4) is 0 Å². The fourth-order valence-electron chi connectivity index (χ4n) is 3.64. The van der Waals surface area contributed by atoms with E-state index in [9.17, 15) is 14.4 Å². The first-order valence-corrected chi connectivity index (χ1v) is 10.2. The van der Waals surface area contributed by atoms with E-state index in [0.29, 0.717) is 21.7 Å². The quantitative estimate of drug-likeness (QED) is 0.622. The number of fused-ring (bicyclic) bond motifs is 2. The van der Waals surface area contributed by atoms with E-state index in [1.165, 1.54) is 11.3 Å². The van der Waals surface area contributed by atoms with Crippen molar-refractivity contribution >= 4 is 45.1 Å². The molecule has 0 bridgehead atoms. The molecule has 0 unspecified atom stereocenters. The molecule has 1 aliphatic rings. The summed E-state index contributed by atoms with van der Waals surface area (Å²) >= 11 is 1.36. The first-order valence-electron chi connectivity index (χ1n) is 9.35. The fourth-order valence-corrected chi connectivity index (χ4v) is 4.95. The number of rotatable bonds is 5. The van der Waals surface area contributed by atoms with Gasteiger partial charge < -0.3 is 20.2 Å². The second-order valence-electron chi connectivity index (χ2n) is 6.96. The first-order chi connectivity index (χ1) is 14.0. The van der Waals surface area contributed by atoms with Crippen LogP contribution in [0.4, 0.5) is 5.00 Å². The molecule has 2 heterocycles. The Balaban J connectivity index is 1.45. The minimum absolute atomic E-state index is 0.0726. The van der Waals surface area contributed by atoms with Gasteiger partial charge in [-0.3, -0.25) is 9.59 Å². The van der Waals surface area contributed by atoms with E-state index in [-0.39, 0.29) is 5.76 Å². The zero-order valence-corrected chi connectivity index (χ0v) is 16.7. The number of amides is 2. The lowest BCUT2D eigenvalue weighted by Crippen LogP contribution is -2.23. The molecule has 0 atom stereocenters. The van der Waals surface area contributed by atoms with E-state index < -0.39 is 24.4 Å². The highest BCUT2D eigenvalue weighted by Crippen LogP contribution is 2.37. The standard InChI is InChI=1S/C21H20N2O5S/c1-11-12-6-2-4-8-14(12)28-18(11)21(26)27-10-16(24)23-20-17(19(22)25)13-7-3-5-9-15(13)29-20/h2,4,6,8H,3,5,7,9-10H2,1H3,(H2,22,25)(H,23,24).